The lowest BCUT2D eigenvalue weighted by Crippen LogP contribution is -2.16. The number of Topliss-reactive ketones (excluding diaryl/α,β-unsaturated/α-hetero) is 1. The smallest absolute Gasteiger partial charge is 0.285 e. The van der Waals surface area contributed by atoms with Gasteiger partial charge in [-0.2, -0.15) is 0 Å². The molecule has 0 unspecified atom stereocenters. The summed E-state index contributed by atoms with van der Waals surface area (Å²) in [5.41, 5.74) is 1.76. The standard InChI is InChI=1S/C17H23NO3S/c1-6-8-12-10-14(11(3)19)15(20)13(9-7-2)16(12)22-17(21)18(4)5/h6,8,10,20H,7,9H2,1-5H3/b8-6-. The Balaban J connectivity index is 3.57. The number of phenols is 1. The summed E-state index contributed by atoms with van der Waals surface area (Å²) >= 11 is 1.08. The maximum atomic E-state index is 12.1. The van der Waals surface area contributed by atoms with Gasteiger partial charge in [-0.1, -0.05) is 25.5 Å². The summed E-state index contributed by atoms with van der Waals surface area (Å²) in [7, 11) is 3.38. The Morgan fingerprint density at radius 2 is 2.00 bits per heavy atom. The molecule has 0 saturated carbocycles. The molecule has 120 valence electrons. The highest BCUT2D eigenvalue weighted by Gasteiger charge is 2.21. The summed E-state index contributed by atoms with van der Waals surface area (Å²) < 4.78 is 0. The first kappa shape index (κ1) is 18.3. The molecular weight excluding hydrogens is 298 g/mol. The van der Waals surface area contributed by atoms with Crippen LogP contribution in [0.5, 0.6) is 5.75 Å². The van der Waals surface area contributed by atoms with Crippen molar-refractivity contribution in [3.8, 4) is 5.75 Å². The molecule has 1 N–H and O–H groups in total. The van der Waals surface area contributed by atoms with E-state index in [0.29, 0.717) is 17.5 Å². The topological polar surface area (TPSA) is 57.6 Å². The SMILES string of the molecule is C/C=C\c1cc(C(C)=O)c(O)c(CCC)c1SC(=O)N(C)C. The molecule has 0 saturated heterocycles. The quantitative estimate of drug-likeness (QED) is 0.647. The van der Waals surface area contributed by atoms with Gasteiger partial charge < -0.3 is 10.0 Å². The van der Waals surface area contributed by atoms with Crippen molar-refractivity contribution in [1.82, 2.24) is 4.90 Å². The van der Waals surface area contributed by atoms with Crippen LogP contribution in [0.3, 0.4) is 0 Å². The number of carbonyl (C=O) groups is 2. The number of rotatable bonds is 5. The molecule has 0 aliphatic carbocycles. The molecule has 0 aliphatic rings. The molecule has 0 radical (unpaired) electrons. The second kappa shape index (κ2) is 8.03. The maximum Gasteiger partial charge on any atom is 0.285 e. The van der Waals surface area contributed by atoms with Crippen molar-refractivity contribution in [1.29, 1.82) is 0 Å². The van der Waals surface area contributed by atoms with E-state index in [4.69, 9.17) is 0 Å². The molecule has 0 aliphatic heterocycles. The lowest BCUT2D eigenvalue weighted by molar-refractivity contribution is 0.101. The Labute approximate surface area is 136 Å². The molecular formula is C17H23NO3S. The number of nitrogens with zero attached hydrogens (tertiary/aromatic N) is 1. The van der Waals surface area contributed by atoms with Crippen molar-refractivity contribution in [3.63, 3.8) is 0 Å². The molecule has 0 spiro atoms. The van der Waals surface area contributed by atoms with E-state index in [1.165, 1.54) is 11.8 Å². The molecule has 1 amide bonds. The van der Waals surface area contributed by atoms with E-state index in [1.54, 1.807) is 20.2 Å². The normalized spacial score (nSPS) is 11.0. The Kier molecular flexibility index (Phi) is 6.68. The van der Waals surface area contributed by atoms with Crippen LogP contribution in [0.1, 0.15) is 48.7 Å². The van der Waals surface area contributed by atoms with Crippen LogP contribution in [0.25, 0.3) is 6.08 Å². The van der Waals surface area contributed by atoms with Crippen molar-refractivity contribution in [2.75, 3.05) is 14.1 Å². The zero-order valence-electron chi connectivity index (χ0n) is 13.8. The van der Waals surface area contributed by atoms with Crippen molar-refractivity contribution in [2.45, 2.75) is 38.5 Å². The first-order chi connectivity index (χ1) is 10.3. The molecule has 5 heteroatoms. The number of amides is 1. The summed E-state index contributed by atoms with van der Waals surface area (Å²) in [6.07, 6.45) is 5.14. The summed E-state index contributed by atoms with van der Waals surface area (Å²) in [5, 5.41) is 10.3. The first-order valence-corrected chi connectivity index (χ1v) is 8.06. The minimum Gasteiger partial charge on any atom is -0.507 e. The Morgan fingerprint density at radius 1 is 1.36 bits per heavy atom. The molecule has 1 aromatic carbocycles. The molecule has 1 rings (SSSR count). The highest BCUT2D eigenvalue weighted by molar-refractivity contribution is 8.13. The maximum absolute atomic E-state index is 12.1. The third-order valence-electron chi connectivity index (χ3n) is 3.16. The van der Waals surface area contributed by atoms with E-state index in [2.05, 4.69) is 0 Å². The largest absolute Gasteiger partial charge is 0.507 e. The van der Waals surface area contributed by atoms with Gasteiger partial charge in [0.25, 0.3) is 5.24 Å². The highest BCUT2D eigenvalue weighted by atomic mass is 32.2. The molecule has 0 fully saturated rings. The van der Waals surface area contributed by atoms with E-state index in [0.717, 1.165) is 28.6 Å². The number of hydrogen-bond acceptors (Lipinski definition) is 4. The molecule has 4 nitrogen and oxygen atoms in total. The summed E-state index contributed by atoms with van der Waals surface area (Å²) in [6.45, 7) is 5.31. The number of thioether (sulfide) groups is 1. The number of allylic oxidation sites excluding steroid dienone is 1. The highest BCUT2D eigenvalue weighted by Crippen LogP contribution is 2.38. The Bertz CT molecular complexity index is 606. The second-order valence-electron chi connectivity index (χ2n) is 5.24. The van der Waals surface area contributed by atoms with Gasteiger partial charge in [-0.25, -0.2) is 0 Å². The third kappa shape index (κ3) is 4.13. The monoisotopic (exact) mass is 321 g/mol. The zero-order chi connectivity index (χ0) is 16.9. The van der Waals surface area contributed by atoms with Crippen LogP contribution in [0.15, 0.2) is 17.0 Å². The van der Waals surface area contributed by atoms with Crippen LogP contribution in [-0.4, -0.2) is 35.1 Å². The predicted molar refractivity (Wildman–Crippen MR) is 91.8 cm³/mol. The number of phenolic OH excluding ortho intramolecular Hbond substituents is 1. The predicted octanol–water partition coefficient (Wildman–Crippen LogP) is 4.35. The van der Waals surface area contributed by atoms with Crippen LogP contribution in [-0.2, 0) is 6.42 Å². The van der Waals surface area contributed by atoms with Gasteiger partial charge in [-0.15, -0.1) is 0 Å². The van der Waals surface area contributed by atoms with Crippen molar-refractivity contribution >= 4 is 28.9 Å². The summed E-state index contributed by atoms with van der Waals surface area (Å²) in [5.74, 6) is -0.187. The van der Waals surface area contributed by atoms with E-state index in [-0.39, 0.29) is 16.8 Å². The Morgan fingerprint density at radius 3 is 2.45 bits per heavy atom. The lowest BCUT2D eigenvalue weighted by atomic mass is 9.98. The van der Waals surface area contributed by atoms with E-state index >= 15 is 0 Å². The van der Waals surface area contributed by atoms with Gasteiger partial charge in [-0.05, 0) is 43.7 Å². The fourth-order valence-electron chi connectivity index (χ4n) is 2.09. The van der Waals surface area contributed by atoms with Gasteiger partial charge in [0.2, 0.25) is 0 Å². The Hall–Kier alpha value is -1.75. The van der Waals surface area contributed by atoms with Crippen LogP contribution in [0.2, 0.25) is 0 Å². The number of hydrogen-bond donors (Lipinski definition) is 1. The van der Waals surface area contributed by atoms with Gasteiger partial charge in [0.15, 0.2) is 5.78 Å². The average Bonchev–Trinajstić information content (AvgIpc) is 2.44. The zero-order valence-corrected chi connectivity index (χ0v) is 14.6. The van der Waals surface area contributed by atoms with Crippen LogP contribution >= 0.6 is 11.8 Å². The van der Waals surface area contributed by atoms with E-state index in [1.807, 2.05) is 26.0 Å². The van der Waals surface area contributed by atoms with Crippen molar-refractivity contribution in [2.24, 2.45) is 0 Å². The van der Waals surface area contributed by atoms with E-state index < -0.39 is 0 Å². The van der Waals surface area contributed by atoms with Crippen LogP contribution < -0.4 is 0 Å². The number of ketones is 1. The second-order valence-corrected chi connectivity index (χ2v) is 6.20. The van der Waals surface area contributed by atoms with Crippen LogP contribution in [0.4, 0.5) is 4.79 Å². The molecule has 1 aromatic rings. The fraction of sp³-hybridized carbons (Fsp3) is 0.412. The minimum atomic E-state index is -0.184. The van der Waals surface area contributed by atoms with Gasteiger partial charge in [-0.3, -0.25) is 9.59 Å². The van der Waals surface area contributed by atoms with Crippen molar-refractivity contribution < 1.29 is 14.7 Å². The molecule has 22 heavy (non-hydrogen) atoms. The van der Waals surface area contributed by atoms with E-state index in [9.17, 15) is 14.7 Å². The van der Waals surface area contributed by atoms with Crippen molar-refractivity contribution in [3.05, 3.63) is 28.8 Å². The molecule has 0 aromatic heterocycles. The van der Waals surface area contributed by atoms with Gasteiger partial charge in [0.05, 0.1) is 5.56 Å². The number of aromatic hydroxyl groups is 1. The molecule has 0 bridgehead atoms. The van der Waals surface area contributed by atoms with Crippen LogP contribution in [0, 0.1) is 0 Å². The average molecular weight is 321 g/mol. The fourth-order valence-corrected chi connectivity index (χ4v) is 3.01. The molecule has 0 atom stereocenters. The lowest BCUT2D eigenvalue weighted by Gasteiger charge is -2.17. The molecule has 0 heterocycles. The first-order valence-electron chi connectivity index (χ1n) is 7.25. The third-order valence-corrected chi connectivity index (χ3v) is 4.38. The van der Waals surface area contributed by atoms with Gasteiger partial charge in [0.1, 0.15) is 5.75 Å². The van der Waals surface area contributed by atoms with Gasteiger partial charge in [0, 0.05) is 24.6 Å². The van der Waals surface area contributed by atoms with Gasteiger partial charge >= 0.3 is 0 Å². The number of benzene rings is 1. The minimum absolute atomic E-state index is 0.00309. The number of carbonyl (C=O) groups excluding carboxylic acids is 2. The summed E-state index contributed by atoms with van der Waals surface area (Å²) in [4.78, 5) is 26.0. The summed E-state index contributed by atoms with van der Waals surface area (Å²) in [6, 6.07) is 1.65.